The lowest BCUT2D eigenvalue weighted by Gasteiger charge is -2.22. The lowest BCUT2D eigenvalue weighted by molar-refractivity contribution is 0.251. The third kappa shape index (κ3) is 6.32. The Morgan fingerprint density at radius 1 is 1.27 bits per heavy atom. The first-order valence-electron chi connectivity index (χ1n) is 4.63. The van der Waals surface area contributed by atoms with E-state index < -0.39 is 0 Å². The molecule has 0 unspecified atom stereocenters. The molecular weight excluding hydrogens is 136 g/mol. The van der Waals surface area contributed by atoms with E-state index in [-0.39, 0.29) is 0 Å². The molecule has 11 heavy (non-hydrogen) atoms. The SMILES string of the molecule is CCCN(CCN)CC(C)C. The van der Waals surface area contributed by atoms with Crippen LogP contribution in [0.4, 0.5) is 0 Å². The van der Waals surface area contributed by atoms with Crippen LogP contribution >= 0.6 is 0 Å². The van der Waals surface area contributed by atoms with E-state index in [4.69, 9.17) is 5.73 Å². The zero-order chi connectivity index (χ0) is 8.69. The van der Waals surface area contributed by atoms with Crippen molar-refractivity contribution in [1.82, 2.24) is 4.90 Å². The molecule has 0 aromatic carbocycles. The first kappa shape index (κ1) is 10.9. The molecular formula is C9H22N2. The molecule has 0 saturated heterocycles. The molecule has 0 aliphatic rings. The second-order valence-corrected chi connectivity index (χ2v) is 3.48. The summed E-state index contributed by atoms with van der Waals surface area (Å²) < 4.78 is 0. The second kappa shape index (κ2) is 6.62. The van der Waals surface area contributed by atoms with Gasteiger partial charge < -0.3 is 10.6 Å². The molecule has 0 aliphatic carbocycles. The van der Waals surface area contributed by atoms with Gasteiger partial charge in [-0.25, -0.2) is 0 Å². The van der Waals surface area contributed by atoms with Crippen molar-refractivity contribution in [3.05, 3.63) is 0 Å². The van der Waals surface area contributed by atoms with Crippen LogP contribution in [0.5, 0.6) is 0 Å². The zero-order valence-electron chi connectivity index (χ0n) is 8.14. The molecule has 0 aromatic rings. The molecule has 68 valence electrons. The van der Waals surface area contributed by atoms with Gasteiger partial charge in [0, 0.05) is 19.6 Å². The van der Waals surface area contributed by atoms with Gasteiger partial charge in [0.05, 0.1) is 0 Å². The molecule has 0 radical (unpaired) electrons. The first-order chi connectivity index (χ1) is 5.20. The highest BCUT2D eigenvalue weighted by molar-refractivity contribution is 4.59. The van der Waals surface area contributed by atoms with E-state index in [2.05, 4.69) is 25.7 Å². The molecule has 2 heteroatoms. The average molecular weight is 158 g/mol. The van der Waals surface area contributed by atoms with Gasteiger partial charge >= 0.3 is 0 Å². The van der Waals surface area contributed by atoms with Gasteiger partial charge in [-0.2, -0.15) is 0 Å². The number of nitrogens with zero attached hydrogens (tertiary/aromatic N) is 1. The summed E-state index contributed by atoms with van der Waals surface area (Å²) in [6.45, 7) is 10.9. The highest BCUT2D eigenvalue weighted by Gasteiger charge is 2.03. The zero-order valence-corrected chi connectivity index (χ0v) is 8.14. The largest absolute Gasteiger partial charge is 0.329 e. The molecule has 0 heterocycles. The fourth-order valence-electron chi connectivity index (χ4n) is 1.31. The van der Waals surface area contributed by atoms with Crippen molar-refractivity contribution in [3.63, 3.8) is 0 Å². The van der Waals surface area contributed by atoms with Gasteiger partial charge in [0.25, 0.3) is 0 Å². The minimum Gasteiger partial charge on any atom is -0.329 e. The van der Waals surface area contributed by atoms with E-state index in [1.165, 1.54) is 19.5 Å². The summed E-state index contributed by atoms with van der Waals surface area (Å²) in [6.07, 6.45) is 1.23. The van der Waals surface area contributed by atoms with Crippen molar-refractivity contribution in [3.8, 4) is 0 Å². The molecule has 2 N–H and O–H groups in total. The molecule has 0 aliphatic heterocycles. The van der Waals surface area contributed by atoms with Crippen molar-refractivity contribution >= 4 is 0 Å². The van der Waals surface area contributed by atoms with Crippen LogP contribution in [0.15, 0.2) is 0 Å². The molecule has 2 nitrogen and oxygen atoms in total. The third-order valence-electron chi connectivity index (χ3n) is 1.61. The molecule has 0 spiro atoms. The van der Waals surface area contributed by atoms with Crippen molar-refractivity contribution in [2.75, 3.05) is 26.2 Å². The summed E-state index contributed by atoms with van der Waals surface area (Å²) in [4.78, 5) is 2.44. The average Bonchev–Trinajstić information content (AvgIpc) is 1.87. The lowest BCUT2D eigenvalue weighted by atomic mass is 10.2. The Labute approximate surface area is 70.8 Å². The minimum atomic E-state index is 0.757. The Kier molecular flexibility index (Phi) is 6.57. The van der Waals surface area contributed by atoms with Crippen LogP contribution in [0.3, 0.4) is 0 Å². The summed E-state index contributed by atoms with van der Waals surface area (Å²) >= 11 is 0. The quantitative estimate of drug-likeness (QED) is 0.631. The third-order valence-corrected chi connectivity index (χ3v) is 1.61. The van der Waals surface area contributed by atoms with Crippen LogP contribution in [0.2, 0.25) is 0 Å². The van der Waals surface area contributed by atoms with Crippen LogP contribution < -0.4 is 5.73 Å². The van der Waals surface area contributed by atoms with Gasteiger partial charge in [-0.05, 0) is 18.9 Å². The molecule has 0 saturated carbocycles. The Morgan fingerprint density at radius 3 is 2.27 bits per heavy atom. The molecule has 0 fully saturated rings. The monoisotopic (exact) mass is 158 g/mol. The number of hydrogen-bond donors (Lipinski definition) is 1. The summed E-state index contributed by atoms with van der Waals surface area (Å²) in [5, 5.41) is 0. The minimum absolute atomic E-state index is 0.757. The summed E-state index contributed by atoms with van der Waals surface area (Å²) in [5.74, 6) is 0.757. The van der Waals surface area contributed by atoms with Gasteiger partial charge in [0.2, 0.25) is 0 Å². The summed E-state index contributed by atoms with van der Waals surface area (Å²) in [6, 6.07) is 0. The number of hydrogen-bond acceptors (Lipinski definition) is 2. The lowest BCUT2D eigenvalue weighted by Crippen LogP contribution is -2.33. The van der Waals surface area contributed by atoms with Gasteiger partial charge in [-0.1, -0.05) is 20.8 Å². The van der Waals surface area contributed by atoms with Crippen molar-refractivity contribution in [1.29, 1.82) is 0 Å². The number of nitrogens with two attached hydrogens (primary N) is 1. The van der Waals surface area contributed by atoms with E-state index in [1.807, 2.05) is 0 Å². The molecule has 0 aromatic heterocycles. The van der Waals surface area contributed by atoms with E-state index >= 15 is 0 Å². The van der Waals surface area contributed by atoms with Crippen molar-refractivity contribution in [2.24, 2.45) is 11.7 Å². The summed E-state index contributed by atoms with van der Waals surface area (Å²) in [7, 11) is 0. The second-order valence-electron chi connectivity index (χ2n) is 3.48. The van der Waals surface area contributed by atoms with Crippen LogP contribution in [-0.2, 0) is 0 Å². The summed E-state index contributed by atoms with van der Waals surface area (Å²) in [5.41, 5.74) is 5.49. The normalized spacial score (nSPS) is 11.5. The predicted octanol–water partition coefficient (Wildman–Crippen LogP) is 1.31. The van der Waals surface area contributed by atoms with Crippen molar-refractivity contribution < 1.29 is 0 Å². The Bertz CT molecular complexity index is 75.6. The molecule has 0 atom stereocenters. The van der Waals surface area contributed by atoms with Gasteiger partial charge in [0.15, 0.2) is 0 Å². The maximum absolute atomic E-state index is 5.49. The molecule has 0 bridgehead atoms. The topological polar surface area (TPSA) is 29.3 Å². The Balaban J connectivity index is 3.50. The van der Waals surface area contributed by atoms with Crippen LogP contribution in [0, 0.1) is 5.92 Å². The van der Waals surface area contributed by atoms with E-state index in [0.717, 1.165) is 19.0 Å². The fraction of sp³-hybridized carbons (Fsp3) is 1.00. The predicted molar refractivity (Wildman–Crippen MR) is 50.6 cm³/mol. The van der Waals surface area contributed by atoms with Gasteiger partial charge in [0.1, 0.15) is 0 Å². The smallest absolute Gasteiger partial charge is 0.0105 e. The highest BCUT2D eigenvalue weighted by atomic mass is 15.1. The standard InChI is InChI=1S/C9H22N2/c1-4-6-11(7-5-10)8-9(2)3/h9H,4-8,10H2,1-3H3. The van der Waals surface area contributed by atoms with E-state index in [9.17, 15) is 0 Å². The van der Waals surface area contributed by atoms with E-state index in [0.29, 0.717) is 0 Å². The van der Waals surface area contributed by atoms with Crippen LogP contribution in [-0.4, -0.2) is 31.1 Å². The fourth-order valence-corrected chi connectivity index (χ4v) is 1.31. The Morgan fingerprint density at radius 2 is 1.91 bits per heavy atom. The van der Waals surface area contributed by atoms with Crippen LogP contribution in [0.1, 0.15) is 27.2 Å². The maximum atomic E-state index is 5.49. The van der Waals surface area contributed by atoms with Crippen LogP contribution in [0.25, 0.3) is 0 Å². The van der Waals surface area contributed by atoms with E-state index in [1.54, 1.807) is 0 Å². The van der Waals surface area contributed by atoms with Crippen molar-refractivity contribution in [2.45, 2.75) is 27.2 Å². The Hall–Kier alpha value is -0.0800. The number of rotatable bonds is 6. The maximum Gasteiger partial charge on any atom is 0.0105 e. The molecule has 0 amide bonds. The van der Waals surface area contributed by atoms with Gasteiger partial charge in [-0.15, -0.1) is 0 Å². The van der Waals surface area contributed by atoms with Gasteiger partial charge in [-0.3, -0.25) is 0 Å². The first-order valence-corrected chi connectivity index (χ1v) is 4.63. The molecule has 0 rings (SSSR count). The highest BCUT2D eigenvalue weighted by Crippen LogP contribution is 1.98.